The van der Waals surface area contributed by atoms with E-state index in [4.69, 9.17) is 55.9 Å². The maximum absolute atomic E-state index is 5.75. The van der Waals surface area contributed by atoms with E-state index in [2.05, 4.69) is 0 Å². The quantitative estimate of drug-likeness (QED) is 0.373. The summed E-state index contributed by atoms with van der Waals surface area (Å²) in [5.74, 6) is 0. The monoisotopic (exact) mass is 336 g/mol. The van der Waals surface area contributed by atoms with Crippen LogP contribution in [0.2, 0.25) is 0 Å². The molecule has 0 radical (unpaired) electrons. The molecule has 14 heavy (non-hydrogen) atoms. The van der Waals surface area contributed by atoms with Crippen molar-refractivity contribution in [3.05, 3.63) is 0 Å². The van der Waals surface area contributed by atoms with E-state index >= 15 is 0 Å². The molecule has 0 aliphatic carbocycles. The maximum Gasteiger partial charge on any atom is 0.278 e. The maximum atomic E-state index is 5.75. The van der Waals surface area contributed by atoms with Crippen molar-refractivity contribution in [3.63, 3.8) is 0 Å². The van der Waals surface area contributed by atoms with Crippen LogP contribution >= 0.6 is 77.8 Å². The molecule has 86 valence electrons. The lowest BCUT2D eigenvalue weighted by Crippen LogP contribution is -2.11. The van der Waals surface area contributed by atoms with Crippen LogP contribution in [0.15, 0.2) is 0 Å². The van der Waals surface area contributed by atoms with E-state index in [-0.39, 0.29) is 0 Å². The molecule has 0 heterocycles. The first kappa shape index (κ1) is 16.1. The van der Waals surface area contributed by atoms with E-state index < -0.39 is 7.70 Å². The van der Waals surface area contributed by atoms with Crippen molar-refractivity contribution >= 4 is 77.8 Å². The third-order valence-electron chi connectivity index (χ3n) is 0.812. The third-order valence-corrected chi connectivity index (χ3v) is 7.21. The Morgan fingerprint density at radius 2 is 1.57 bits per heavy atom. The highest BCUT2D eigenvalue weighted by atomic mass is 35.5. The fourth-order valence-electron chi connectivity index (χ4n) is 0.322. The van der Waals surface area contributed by atoms with Gasteiger partial charge >= 0.3 is 0 Å². The van der Waals surface area contributed by atoms with Gasteiger partial charge in [0.2, 0.25) is 0 Å². The van der Waals surface area contributed by atoms with Gasteiger partial charge in [-0.25, -0.2) is 0 Å². The molecule has 0 aliphatic rings. The third kappa shape index (κ3) is 8.30. The Morgan fingerprint density at radius 3 is 2.00 bits per heavy atom. The van der Waals surface area contributed by atoms with Gasteiger partial charge in [-0.3, -0.25) is 0 Å². The average molecular weight is 338 g/mol. The zero-order valence-electron chi connectivity index (χ0n) is 7.26. The van der Waals surface area contributed by atoms with Gasteiger partial charge in [0.25, 0.3) is 7.70 Å². The minimum atomic E-state index is -1.31. The highest BCUT2D eigenvalue weighted by Crippen LogP contribution is 2.54. The summed E-state index contributed by atoms with van der Waals surface area (Å²) in [6.07, 6.45) is 0. The van der Waals surface area contributed by atoms with Crippen molar-refractivity contribution in [1.29, 1.82) is 0 Å². The smallest absolute Gasteiger partial charge is 0.278 e. The fourth-order valence-corrected chi connectivity index (χ4v) is 6.40. The van der Waals surface area contributed by atoms with Gasteiger partial charge in [-0.1, -0.05) is 46.4 Å². The largest absolute Gasteiger partial charge is 0.341 e. The molecular formula is C5H8Cl4O2S3. The predicted octanol–water partition coefficient (Wildman–Crippen LogP) is 4.88. The summed E-state index contributed by atoms with van der Waals surface area (Å²) < 4.78 is 7.14. The second-order valence-corrected chi connectivity index (χ2v) is 9.46. The lowest BCUT2D eigenvalue weighted by Gasteiger charge is -2.19. The van der Waals surface area contributed by atoms with Crippen molar-refractivity contribution in [3.8, 4) is 0 Å². The van der Waals surface area contributed by atoms with Gasteiger partial charge < -0.3 is 9.47 Å². The molecule has 0 aliphatic heterocycles. The van der Waals surface area contributed by atoms with Crippen molar-refractivity contribution in [2.75, 3.05) is 13.7 Å². The van der Waals surface area contributed by atoms with Gasteiger partial charge in [0.15, 0.2) is 0 Å². The molecular weight excluding hydrogens is 330 g/mol. The zero-order valence-corrected chi connectivity index (χ0v) is 12.7. The van der Waals surface area contributed by atoms with Gasteiger partial charge in [-0.2, -0.15) is 0 Å². The number of rotatable bonds is 7. The topological polar surface area (TPSA) is 18.5 Å². The number of alkyl halides is 4. The number of methoxy groups -OCH3 is 1. The predicted molar refractivity (Wildman–Crippen MR) is 70.3 cm³/mol. The standard InChI is InChI=1S/C5H8Cl4O2S3/c1-3-11-5(8,9)13-14-12-4(6,7)10-2/h3H2,1-2H3. The Hall–Kier alpha value is 2.13. The molecule has 0 atom stereocenters. The molecule has 0 unspecified atom stereocenters. The molecule has 0 rings (SSSR count). The minimum absolute atomic E-state index is 0.419. The molecule has 0 fully saturated rings. The highest BCUT2D eigenvalue weighted by molar-refractivity contribution is 9.10. The van der Waals surface area contributed by atoms with Crippen molar-refractivity contribution < 1.29 is 9.47 Å². The average Bonchev–Trinajstić information content (AvgIpc) is 2.03. The molecule has 2 nitrogen and oxygen atoms in total. The molecule has 0 spiro atoms. The molecule has 0 amide bonds. The number of hydrogen-bond acceptors (Lipinski definition) is 5. The first-order chi connectivity index (χ1) is 6.33. The van der Waals surface area contributed by atoms with Crippen LogP contribution in [0.4, 0.5) is 0 Å². The number of halogens is 4. The SMILES string of the molecule is CCOC(Cl)(Cl)SSSC(Cl)(Cl)OC. The Bertz CT molecular complexity index is 169. The summed E-state index contributed by atoms with van der Waals surface area (Å²) in [5.41, 5.74) is 0. The number of ether oxygens (including phenoxy) is 2. The second kappa shape index (κ2) is 7.45. The van der Waals surface area contributed by atoms with Gasteiger partial charge in [-0.15, -0.1) is 0 Å². The molecule has 0 bridgehead atoms. The lowest BCUT2D eigenvalue weighted by molar-refractivity contribution is 0.149. The zero-order chi connectivity index (χ0) is 11.2. The van der Waals surface area contributed by atoms with Crippen LogP contribution in [0.3, 0.4) is 0 Å². The molecule has 0 saturated carbocycles. The summed E-state index contributed by atoms with van der Waals surface area (Å²) in [6, 6.07) is 0. The van der Waals surface area contributed by atoms with Crippen LogP contribution in [0.1, 0.15) is 6.92 Å². The fraction of sp³-hybridized carbons (Fsp3) is 1.00. The van der Waals surface area contributed by atoms with Gasteiger partial charge in [0.1, 0.15) is 0 Å². The van der Waals surface area contributed by atoms with E-state index in [1.54, 1.807) is 6.92 Å². The normalized spacial score (nSPS) is 13.3. The molecule has 0 aromatic rings. The Balaban J connectivity index is 3.73. The van der Waals surface area contributed by atoms with Gasteiger partial charge in [0, 0.05) is 13.7 Å². The Labute approximate surface area is 115 Å². The second-order valence-electron chi connectivity index (χ2n) is 1.80. The van der Waals surface area contributed by atoms with Crippen LogP contribution < -0.4 is 0 Å². The summed E-state index contributed by atoms with van der Waals surface area (Å²) in [6.45, 7) is 2.21. The molecule has 0 aromatic carbocycles. The summed E-state index contributed by atoms with van der Waals surface area (Å²) in [5, 5.41) is 0. The molecule has 0 aromatic heterocycles. The summed E-state index contributed by atoms with van der Waals surface area (Å²) >= 11 is 22.9. The van der Waals surface area contributed by atoms with Crippen LogP contribution in [0.5, 0.6) is 0 Å². The highest BCUT2D eigenvalue weighted by Gasteiger charge is 2.30. The van der Waals surface area contributed by atoms with Crippen molar-refractivity contribution in [2.45, 2.75) is 14.6 Å². The Morgan fingerprint density at radius 1 is 1.07 bits per heavy atom. The lowest BCUT2D eigenvalue weighted by atomic mass is 10.9. The van der Waals surface area contributed by atoms with Crippen molar-refractivity contribution in [1.82, 2.24) is 0 Å². The minimum Gasteiger partial charge on any atom is -0.341 e. The van der Waals surface area contributed by atoms with E-state index in [1.165, 1.54) is 16.9 Å². The van der Waals surface area contributed by atoms with Crippen LogP contribution in [-0.2, 0) is 9.47 Å². The first-order valence-corrected chi connectivity index (χ1v) is 8.30. The molecule has 0 N–H and O–H groups in total. The van der Waals surface area contributed by atoms with Gasteiger partial charge in [0.05, 0.1) is 0 Å². The van der Waals surface area contributed by atoms with Gasteiger partial charge in [-0.05, 0) is 38.3 Å². The molecule has 0 saturated heterocycles. The summed E-state index contributed by atoms with van der Waals surface area (Å²) in [4.78, 5) is 0. The van der Waals surface area contributed by atoms with E-state index in [0.717, 1.165) is 21.6 Å². The first-order valence-electron chi connectivity index (χ1n) is 3.31. The molecule has 9 heteroatoms. The van der Waals surface area contributed by atoms with Crippen LogP contribution in [0.25, 0.3) is 0 Å². The van der Waals surface area contributed by atoms with E-state index in [0.29, 0.717) is 6.61 Å². The number of hydrogen-bond donors (Lipinski definition) is 0. The van der Waals surface area contributed by atoms with E-state index in [1.807, 2.05) is 0 Å². The van der Waals surface area contributed by atoms with E-state index in [9.17, 15) is 0 Å². The van der Waals surface area contributed by atoms with Crippen molar-refractivity contribution in [2.24, 2.45) is 0 Å². The Kier molecular flexibility index (Phi) is 8.59. The summed E-state index contributed by atoms with van der Waals surface area (Å²) in [7, 11) is 4.74. The van der Waals surface area contributed by atoms with Crippen LogP contribution in [-0.4, -0.2) is 21.4 Å². The van der Waals surface area contributed by atoms with Crippen LogP contribution in [0, 0.1) is 0 Å².